The number of rotatable bonds is 4. The van der Waals surface area contributed by atoms with Crippen LogP contribution in [0, 0.1) is 6.92 Å². The molecule has 1 atom stereocenters. The molecule has 2 aromatic rings. The van der Waals surface area contributed by atoms with Gasteiger partial charge in [0.15, 0.2) is 5.82 Å². The van der Waals surface area contributed by atoms with Crippen LogP contribution in [0.3, 0.4) is 0 Å². The number of amides is 1. The zero-order valence-electron chi connectivity index (χ0n) is 17.1. The molecule has 1 aliphatic heterocycles. The molecule has 1 aromatic carbocycles. The number of aryl methyl sites for hydroxylation is 1. The van der Waals surface area contributed by atoms with Crippen molar-refractivity contribution in [3.05, 3.63) is 41.1 Å². The van der Waals surface area contributed by atoms with Crippen molar-refractivity contribution in [2.75, 3.05) is 31.1 Å². The minimum absolute atomic E-state index is 0.0867. The Morgan fingerprint density at radius 1 is 1.13 bits per heavy atom. The van der Waals surface area contributed by atoms with Crippen molar-refractivity contribution >= 4 is 23.3 Å². The van der Waals surface area contributed by atoms with Gasteiger partial charge in [-0.3, -0.25) is 4.79 Å². The first-order valence-corrected chi connectivity index (χ1v) is 10.3. The quantitative estimate of drug-likeness (QED) is 0.665. The summed E-state index contributed by atoms with van der Waals surface area (Å²) in [6.07, 6.45) is -3.66. The molecule has 1 fully saturated rings. The van der Waals surface area contributed by atoms with Crippen molar-refractivity contribution in [3.8, 4) is 11.4 Å². The lowest BCUT2D eigenvalue weighted by Gasteiger charge is -2.37. The average Bonchev–Trinajstić information content (AvgIpc) is 2.72. The van der Waals surface area contributed by atoms with Gasteiger partial charge in [-0.15, -0.1) is 11.6 Å². The molecule has 1 aromatic heterocycles. The van der Waals surface area contributed by atoms with Gasteiger partial charge in [0.1, 0.15) is 11.2 Å². The molecular formula is C21H24ClF3N4O. The second kappa shape index (κ2) is 8.79. The predicted octanol–water partition coefficient (Wildman–Crippen LogP) is 4.31. The molecule has 1 amide bonds. The summed E-state index contributed by atoms with van der Waals surface area (Å²) < 4.78 is 38.6. The van der Waals surface area contributed by atoms with Crippen LogP contribution in [0.5, 0.6) is 0 Å². The van der Waals surface area contributed by atoms with Gasteiger partial charge in [-0.2, -0.15) is 13.2 Å². The molecule has 0 saturated carbocycles. The third-order valence-electron chi connectivity index (χ3n) is 5.25. The van der Waals surface area contributed by atoms with Crippen LogP contribution in [-0.4, -0.2) is 52.3 Å². The highest BCUT2D eigenvalue weighted by molar-refractivity contribution is 6.30. The minimum atomic E-state index is -4.38. The molecule has 9 heteroatoms. The van der Waals surface area contributed by atoms with E-state index in [1.165, 1.54) is 12.1 Å². The molecule has 1 saturated heterocycles. The summed E-state index contributed by atoms with van der Waals surface area (Å²) in [5.74, 6) is 1.07. The highest BCUT2D eigenvalue weighted by atomic mass is 35.5. The Kier molecular flexibility index (Phi) is 6.55. The third-order valence-corrected chi connectivity index (χ3v) is 5.43. The van der Waals surface area contributed by atoms with Crippen molar-refractivity contribution in [1.29, 1.82) is 0 Å². The first kappa shape index (κ1) is 22.3. The molecule has 30 heavy (non-hydrogen) atoms. The van der Waals surface area contributed by atoms with Crippen molar-refractivity contribution in [2.24, 2.45) is 0 Å². The Labute approximate surface area is 178 Å². The van der Waals surface area contributed by atoms with E-state index in [1.807, 2.05) is 13.8 Å². The topological polar surface area (TPSA) is 49.3 Å². The lowest BCUT2D eigenvalue weighted by Crippen LogP contribution is -2.51. The van der Waals surface area contributed by atoms with Crippen LogP contribution in [0.25, 0.3) is 11.4 Å². The van der Waals surface area contributed by atoms with E-state index >= 15 is 0 Å². The number of anilines is 1. The van der Waals surface area contributed by atoms with Gasteiger partial charge in [-0.25, -0.2) is 9.97 Å². The van der Waals surface area contributed by atoms with Gasteiger partial charge in [0.05, 0.1) is 5.56 Å². The van der Waals surface area contributed by atoms with E-state index in [2.05, 4.69) is 9.88 Å². The van der Waals surface area contributed by atoms with Crippen molar-refractivity contribution in [2.45, 2.75) is 38.7 Å². The highest BCUT2D eigenvalue weighted by Crippen LogP contribution is 2.31. The maximum atomic E-state index is 12.9. The zero-order valence-corrected chi connectivity index (χ0v) is 17.9. The molecule has 1 unspecified atom stereocenters. The van der Waals surface area contributed by atoms with Gasteiger partial charge >= 0.3 is 6.18 Å². The molecule has 5 nitrogen and oxygen atoms in total. The molecular weight excluding hydrogens is 417 g/mol. The second-order valence-electron chi connectivity index (χ2n) is 7.29. The molecule has 0 bridgehead atoms. The lowest BCUT2D eigenvalue weighted by atomic mass is 10.1. The molecule has 0 spiro atoms. The molecule has 0 N–H and O–H groups in total. The normalized spacial score (nSPS) is 16.0. The molecule has 0 radical (unpaired) electrons. The van der Waals surface area contributed by atoms with Crippen LogP contribution in [0.1, 0.15) is 30.7 Å². The molecule has 2 heterocycles. The fourth-order valence-corrected chi connectivity index (χ4v) is 3.72. The van der Waals surface area contributed by atoms with Crippen molar-refractivity contribution < 1.29 is 18.0 Å². The van der Waals surface area contributed by atoms with Crippen molar-refractivity contribution in [1.82, 2.24) is 14.9 Å². The molecule has 3 rings (SSSR count). The number of nitrogens with zero attached hydrogens (tertiary/aromatic N) is 4. The fraction of sp³-hybridized carbons (Fsp3) is 0.476. The number of piperazine rings is 1. The number of benzene rings is 1. The lowest BCUT2D eigenvalue weighted by molar-refractivity contribution is -0.137. The van der Waals surface area contributed by atoms with Gasteiger partial charge in [0.2, 0.25) is 5.91 Å². The molecule has 1 aliphatic rings. The molecule has 162 valence electrons. The van der Waals surface area contributed by atoms with E-state index in [0.717, 1.165) is 35.6 Å². The summed E-state index contributed by atoms with van der Waals surface area (Å²) in [7, 11) is 0. The SMILES string of the molecule is CCc1c(C)nc(-c2ccc(C(F)(F)F)cc2)nc1N1CCN(C(=O)C(C)Cl)CC1. The summed E-state index contributed by atoms with van der Waals surface area (Å²) in [5, 5.41) is -0.560. The van der Waals surface area contributed by atoms with E-state index in [-0.39, 0.29) is 5.91 Å². The minimum Gasteiger partial charge on any atom is -0.353 e. The Balaban J connectivity index is 1.89. The van der Waals surface area contributed by atoms with E-state index in [4.69, 9.17) is 16.6 Å². The Hall–Kier alpha value is -2.35. The van der Waals surface area contributed by atoms with Crippen LogP contribution in [-0.2, 0) is 17.4 Å². The van der Waals surface area contributed by atoms with Crippen LogP contribution >= 0.6 is 11.6 Å². The van der Waals surface area contributed by atoms with E-state index in [1.54, 1.807) is 11.8 Å². The number of carbonyl (C=O) groups excluding carboxylic acids is 1. The smallest absolute Gasteiger partial charge is 0.353 e. The Morgan fingerprint density at radius 2 is 1.73 bits per heavy atom. The van der Waals surface area contributed by atoms with Crippen molar-refractivity contribution in [3.63, 3.8) is 0 Å². The zero-order chi connectivity index (χ0) is 22.1. The molecule has 0 aliphatic carbocycles. The Bertz CT molecular complexity index is 908. The standard InChI is InChI=1S/C21H24ClF3N4O/c1-4-17-14(3)26-18(15-5-7-16(8-6-15)21(23,24)25)27-19(17)28-9-11-29(12-10-28)20(30)13(2)22/h5-8,13H,4,9-12H2,1-3H3. The summed E-state index contributed by atoms with van der Waals surface area (Å²) in [6, 6.07) is 4.87. The maximum absolute atomic E-state index is 12.9. The first-order chi connectivity index (χ1) is 14.1. The van der Waals surface area contributed by atoms with Gasteiger partial charge in [0.25, 0.3) is 0 Å². The van der Waals surface area contributed by atoms with Crippen LogP contribution < -0.4 is 4.90 Å². The van der Waals surface area contributed by atoms with E-state index < -0.39 is 17.1 Å². The average molecular weight is 441 g/mol. The predicted molar refractivity (Wildman–Crippen MR) is 111 cm³/mol. The second-order valence-corrected chi connectivity index (χ2v) is 7.95. The van der Waals surface area contributed by atoms with Crippen LogP contribution in [0.2, 0.25) is 0 Å². The summed E-state index contributed by atoms with van der Waals surface area (Å²) in [6.45, 7) is 7.84. The van der Waals surface area contributed by atoms with Gasteiger partial charge in [0, 0.05) is 43.0 Å². The fourth-order valence-electron chi connectivity index (χ4n) is 3.58. The number of hydrogen-bond acceptors (Lipinski definition) is 4. The first-order valence-electron chi connectivity index (χ1n) is 9.84. The van der Waals surface area contributed by atoms with Crippen LogP contribution in [0.4, 0.5) is 19.0 Å². The largest absolute Gasteiger partial charge is 0.416 e. The van der Waals surface area contributed by atoms with E-state index in [9.17, 15) is 18.0 Å². The van der Waals surface area contributed by atoms with Gasteiger partial charge < -0.3 is 9.80 Å². The summed E-state index contributed by atoms with van der Waals surface area (Å²) >= 11 is 5.92. The monoisotopic (exact) mass is 440 g/mol. The summed E-state index contributed by atoms with van der Waals surface area (Å²) in [5.41, 5.74) is 1.61. The third kappa shape index (κ3) is 4.69. The number of halogens is 4. The van der Waals surface area contributed by atoms with E-state index in [0.29, 0.717) is 37.6 Å². The summed E-state index contributed by atoms with van der Waals surface area (Å²) in [4.78, 5) is 25.2. The number of hydrogen-bond donors (Lipinski definition) is 0. The number of aromatic nitrogens is 2. The maximum Gasteiger partial charge on any atom is 0.416 e. The van der Waals surface area contributed by atoms with Gasteiger partial charge in [-0.05, 0) is 32.4 Å². The number of carbonyl (C=O) groups is 1. The van der Waals surface area contributed by atoms with Gasteiger partial charge in [-0.1, -0.05) is 19.1 Å². The Morgan fingerprint density at radius 3 is 2.23 bits per heavy atom. The highest BCUT2D eigenvalue weighted by Gasteiger charge is 2.30. The van der Waals surface area contributed by atoms with Crippen LogP contribution in [0.15, 0.2) is 24.3 Å². The number of alkyl halides is 4.